The first-order valence-electron chi connectivity index (χ1n) is 7.93. The molecule has 8 heteroatoms. The van der Waals surface area contributed by atoms with E-state index in [0.717, 1.165) is 43.2 Å². The van der Waals surface area contributed by atoms with Crippen LogP contribution in [0.15, 0.2) is 23.0 Å². The van der Waals surface area contributed by atoms with E-state index in [2.05, 4.69) is 20.5 Å². The summed E-state index contributed by atoms with van der Waals surface area (Å²) < 4.78 is 7.20. The molecule has 2 aliphatic heterocycles. The lowest BCUT2D eigenvalue weighted by Gasteiger charge is -2.39. The maximum atomic E-state index is 11.7. The number of likely N-dealkylation sites (tertiary alicyclic amines) is 1. The van der Waals surface area contributed by atoms with Crippen LogP contribution in [0.2, 0.25) is 0 Å². The Hall–Kier alpha value is -2.35. The van der Waals surface area contributed by atoms with Gasteiger partial charge >= 0.3 is 6.03 Å². The molecular weight excluding hydrogens is 296 g/mol. The lowest BCUT2D eigenvalue weighted by Crippen LogP contribution is -2.48. The molecular formula is C15H20N6O2. The van der Waals surface area contributed by atoms with Crippen LogP contribution in [-0.4, -0.2) is 58.6 Å². The summed E-state index contributed by atoms with van der Waals surface area (Å²) in [5.41, 5.74) is 1.80. The second kappa shape index (κ2) is 5.69. The van der Waals surface area contributed by atoms with Crippen molar-refractivity contribution in [3.05, 3.63) is 29.9 Å². The number of rotatable bonds is 5. The minimum Gasteiger partial charge on any atom is -0.361 e. The largest absolute Gasteiger partial charge is 0.361 e. The van der Waals surface area contributed by atoms with Crippen molar-refractivity contribution >= 4 is 11.7 Å². The monoisotopic (exact) mass is 316 g/mol. The van der Waals surface area contributed by atoms with Gasteiger partial charge in [-0.05, 0) is 6.92 Å². The number of carbonyl (C=O) groups is 1. The second-order valence-corrected chi connectivity index (χ2v) is 6.16. The van der Waals surface area contributed by atoms with Crippen LogP contribution in [0.4, 0.5) is 10.5 Å². The third kappa shape index (κ3) is 2.81. The first-order valence-corrected chi connectivity index (χ1v) is 7.93. The Morgan fingerprint density at radius 3 is 3.00 bits per heavy atom. The van der Waals surface area contributed by atoms with Gasteiger partial charge in [0.25, 0.3) is 0 Å². The molecule has 2 fully saturated rings. The maximum absolute atomic E-state index is 11.7. The number of carbonyl (C=O) groups excluding carboxylic acids is 1. The van der Waals surface area contributed by atoms with Crippen LogP contribution in [0.1, 0.15) is 17.5 Å². The summed E-state index contributed by atoms with van der Waals surface area (Å²) in [5.74, 6) is 0.937. The summed E-state index contributed by atoms with van der Waals surface area (Å²) >= 11 is 0. The van der Waals surface area contributed by atoms with Gasteiger partial charge < -0.3 is 9.84 Å². The van der Waals surface area contributed by atoms with E-state index < -0.39 is 0 Å². The number of urea groups is 1. The fourth-order valence-corrected chi connectivity index (χ4v) is 3.08. The molecule has 2 aromatic heterocycles. The lowest BCUT2D eigenvalue weighted by molar-refractivity contribution is 0.0978. The zero-order valence-corrected chi connectivity index (χ0v) is 13.1. The fraction of sp³-hybridized carbons (Fsp3) is 0.533. The van der Waals surface area contributed by atoms with Crippen LogP contribution < -0.4 is 10.2 Å². The average Bonchev–Trinajstić information content (AvgIpc) is 3.19. The number of aryl methyl sites for hydroxylation is 1. The molecule has 122 valence electrons. The molecule has 0 spiro atoms. The zero-order chi connectivity index (χ0) is 15.8. The van der Waals surface area contributed by atoms with Crippen molar-refractivity contribution in [3.8, 4) is 0 Å². The molecule has 8 nitrogen and oxygen atoms in total. The van der Waals surface area contributed by atoms with Crippen LogP contribution in [0.25, 0.3) is 0 Å². The van der Waals surface area contributed by atoms with Crippen molar-refractivity contribution in [2.24, 2.45) is 0 Å². The van der Waals surface area contributed by atoms with E-state index >= 15 is 0 Å². The molecule has 0 atom stereocenters. The predicted molar refractivity (Wildman–Crippen MR) is 83.4 cm³/mol. The minimum absolute atomic E-state index is 0.0397. The number of hydrogen-bond donors (Lipinski definition) is 1. The molecule has 23 heavy (non-hydrogen) atoms. The summed E-state index contributed by atoms with van der Waals surface area (Å²) in [6.45, 7) is 6.25. The summed E-state index contributed by atoms with van der Waals surface area (Å²) in [6, 6.07) is 2.33. The molecule has 0 unspecified atom stereocenters. The summed E-state index contributed by atoms with van der Waals surface area (Å²) in [4.78, 5) is 15.8. The van der Waals surface area contributed by atoms with Gasteiger partial charge in [0.05, 0.1) is 23.6 Å². The smallest absolute Gasteiger partial charge is 0.322 e. The average molecular weight is 316 g/mol. The molecule has 1 N–H and O–H groups in total. The highest BCUT2D eigenvalue weighted by atomic mass is 16.5. The van der Waals surface area contributed by atoms with Gasteiger partial charge in [0.2, 0.25) is 0 Å². The second-order valence-electron chi connectivity index (χ2n) is 6.16. The molecule has 4 heterocycles. The first-order chi connectivity index (χ1) is 11.2. The van der Waals surface area contributed by atoms with Crippen LogP contribution in [0.5, 0.6) is 0 Å². The van der Waals surface area contributed by atoms with E-state index in [4.69, 9.17) is 4.52 Å². The molecule has 0 bridgehead atoms. The molecule has 2 aromatic rings. The standard InChI is InChI=1S/C15H20N6O2/c1-11-6-14(23-18-11)2-4-19-8-13(9-19)21-10-12(7-17-21)20-5-3-16-15(20)22/h6-7,10,13H,2-5,8-9H2,1H3,(H,16,22). The third-order valence-electron chi connectivity index (χ3n) is 4.42. The van der Waals surface area contributed by atoms with Gasteiger partial charge in [-0.25, -0.2) is 4.79 Å². The zero-order valence-electron chi connectivity index (χ0n) is 13.1. The van der Waals surface area contributed by atoms with E-state index in [-0.39, 0.29) is 6.03 Å². The summed E-state index contributed by atoms with van der Waals surface area (Å²) in [7, 11) is 0. The van der Waals surface area contributed by atoms with Crippen molar-refractivity contribution < 1.29 is 9.32 Å². The Morgan fingerprint density at radius 2 is 2.30 bits per heavy atom. The Balaban J connectivity index is 1.28. The molecule has 0 aliphatic carbocycles. The van der Waals surface area contributed by atoms with E-state index in [9.17, 15) is 4.79 Å². The lowest BCUT2D eigenvalue weighted by atomic mass is 10.1. The highest BCUT2D eigenvalue weighted by Crippen LogP contribution is 2.24. The highest BCUT2D eigenvalue weighted by Gasteiger charge is 2.30. The number of nitrogens with zero attached hydrogens (tertiary/aromatic N) is 5. The van der Waals surface area contributed by atoms with Crippen LogP contribution in [-0.2, 0) is 6.42 Å². The van der Waals surface area contributed by atoms with E-state index in [1.165, 1.54) is 0 Å². The Morgan fingerprint density at radius 1 is 1.43 bits per heavy atom. The Kier molecular flexibility index (Phi) is 3.53. The minimum atomic E-state index is -0.0397. The molecule has 4 rings (SSSR count). The fourth-order valence-electron chi connectivity index (χ4n) is 3.08. The molecule has 2 saturated heterocycles. The van der Waals surface area contributed by atoms with Crippen molar-refractivity contribution in [1.29, 1.82) is 0 Å². The molecule has 0 saturated carbocycles. The number of amides is 2. The van der Waals surface area contributed by atoms with Crippen molar-refractivity contribution in [1.82, 2.24) is 25.2 Å². The molecule has 2 aliphatic rings. The van der Waals surface area contributed by atoms with Gasteiger partial charge in [-0.2, -0.15) is 5.10 Å². The number of hydrogen-bond acceptors (Lipinski definition) is 5. The van der Waals surface area contributed by atoms with E-state index in [1.54, 1.807) is 11.1 Å². The highest BCUT2D eigenvalue weighted by molar-refractivity contribution is 5.93. The van der Waals surface area contributed by atoms with Gasteiger partial charge in [-0.3, -0.25) is 14.5 Å². The molecule has 0 radical (unpaired) electrons. The number of aromatic nitrogens is 3. The maximum Gasteiger partial charge on any atom is 0.322 e. The topological polar surface area (TPSA) is 79.4 Å². The SMILES string of the molecule is Cc1cc(CCN2CC(n3cc(N4CCNC4=O)cn3)C2)on1. The van der Waals surface area contributed by atoms with E-state index in [1.807, 2.05) is 23.9 Å². The van der Waals surface area contributed by atoms with Crippen LogP contribution >= 0.6 is 0 Å². The summed E-state index contributed by atoms with van der Waals surface area (Å²) in [5, 5.41) is 11.1. The Labute approximate surface area is 134 Å². The first kappa shape index (κ1) is 14.3. The van der Waals surface area contributed by atoms with Gasteiger partial charge in [0.15, 0.2) is 0 Å². The summed E-state index contributed by atoms with van der Waals surface area (Å²) in [6.07, 6.45) is 4.61. The third-order valence-corrected chi connectivity index (χ3v) is 4.42. The van der Waals surface area contributed by atoms with Gasteiger partial charge in [-0.15, -0.1) is 0 Å². The van der Waals surface area contributed by atoms with Crippen molar-refractivity contribution in [2.75, 3.05) is 37.6 Å². The quantitative estimate of drug-likeness (QED) is 0.883. The van der Waals surface area contributed by atoms with Crippen LogP contribution in [0.3, 0.4) is 0 Å². The van der Waals surface area contributed by atoms with Gasteiger partial charge in [0.1, 0.15) is 5.76 Å². The van der Waals surface area contributed by atoms with Crippen LogP contribution in [0, 0.1) is 6.92 Å². The van der Waals surface area contributed by atoms with Crippen molar-refractivity contribution in [3.63, 3.8) is 0 Å². The van der Waals surface area contributed by atoms with Gasteiger partial charge in [0, 0.05) is 51.4 Å². The molecule has 0 aromatic carbocycles. The molecule has 2 amide bonds. The number of nitrogens with one attached hydrogen (secondary N) is 1. The van der Waals surface area contributed by atoms with Crippen molar-refractivity contribution in [2.45, 2.75) is 19.4 Å². The van der Waals surface area contributed by atoms with Gasteiger partial charge in [-0.1, -0.05) is 5.16 Å². The normalized spacial score (nSPS) is 19.2. The predicted octanol–water partition coefficient (Wildman–Crippen LogP) is 0.809. The Bertz CT molecular complexity index is 702. The number of anilines is 1. The van der Waals surface area contributed by atoms with E-state index in [0.29, 0.717) is 19.1 Å².